The topological polar surface area (TPSA) is 127 Å². The number of amides is 3. The average molecular weight is 543 g/mol. The second kappa shape index (κ2) is 12.1. The summed E-state index contributed by atoms with van der Waals surface area (Å²) in [7, 11) is 0. The summed E-state index contributed by atoms with van der Waals surface area (Å²) in [6.45, 7) is -0.00988. The maximum atomic E-state index is 12.1. The van der Waals surface area contributed by atoms with Gasteiger partial charge in [-0.25, -0.2) is 5.43 Å². The molecule has 12 heteroatoms. The van der Waals surface area contributed by atoms with Crippen LogP contribution in [0.5, 0.6) is 17.2 Å². The summed E-state index contributed by atoms with van der Waals surface area (Å²) in [4.78, 5) is 36.1. The first-order valence-corrected chi connectivity index (χ1v) is 11.6. The average Bonchev–Trinajstić information content (AvgIpc) is 3.36. The Morgan fingerprint density at radius 2 is 1.76 bits per heavy atom. The van der Waals surface area contributed by atoms with Crippen LogP contribution < -0.4 is 30.3 Å². The highest BCUT2D eigenvalue weighted by Crippen LogP contribution is 2.32. The number of hydrogen-bond acceptors (Lipinski definition) is 7. The molecule has 190 valence electrons. The Balaban J connectivity index is 1.22. The summed E-state index contributed by atoms with van der Waals surface area (Å²) < 4.78 is 16.0. The van der Waals surface area contributed by atoms with Crippen LogP contribution in [0.1, 0.15) is 11.1 Å². The number of rotatable bonds is 8. The van der Waals surface area contributed by atoms with E-state index in [4.69, 9.17) is 37.4 Å². The summed E-state index contributed by atoms with van der Waals surface area (Å²) in [5.74, 6) is -0.717. The van der Waals surface area contributed by atoms with Gasteiger partial charge in [0.05, 0.1) is 21.9 Å². The minimum absolute atomic E-state index is 0.125. The molecule has 0 atom stereocenters. The summed E-state index contributed by atoms with van der Waals surface area (Å²) in [6, 6.07) is 16.7. The lowest BCUT2D eigenvalue weighted by Gasteiger charge is -2.10. The molecule has 1 aliphatic rings. The first-order chi connectivity index (χ1) is 17.9. The Kier molecular flexibility index (Phi) is 8.44. The molecule has 4 rings (SSSR count). The number of anilines is 1. The predicted molar refractivity (Wildman–Crippen MR) is 137 cm³/mol. The molecule has 0 unspecified atom stereocenters. The van der Waals surface area contributed by atoms with E-state index in [0.717, 1.165) is 5.56 Å². The minimum Gasteiger partial charge on any atom is -0.482 e. The van der Waals surface area contributed by atoms with Gasteiger partial charge in [-0.2, -0.15) is 5.10 Å². The van der Waals surface area contributed by atoms with E-state index in [9.17, 15) is 14.4 Å². The van der Waals surface area contributed by atoms with Crippen molar-refractivity contribution in [3.05, 3.63) is 81.8 Å². The van der Waals surface area contributed by atoms with Crippen LogP contribution in [0.3, 0.4) is 0 Å². The van der Waals surface area contributed by atoms with Gasteiger partial charge in [0.25, 0.3) is 5.91 Å². The molecular weight excluding hydrogens is 523 g/mol. The Bertz CT molecular complexity index is 1360. The second-order valence-corrected chi connectivity index (χ2v) is 8.39. The first kappa shape index (κ1) is 25.8. The second-order valence-electron chi connectivity index (χ2n) is 7.58. The number of nitrogens with zero attached hydrogens (tertiary/aromatic N) is 1. The summed E-state index contributed by atoms with van der Waals surface area (Å²) >= 11 is 12.2. The quantitative estimate of drug-likeness (QED) is 0.227. The molecule has 3 aromatic carbocycles. The van der Waals surface area contributed by atoms with Crippen LogP contribution in [0, 0.1) is 0 Å². The van der Waals surface area contributed by atoms with Crippen molar-refractivity contribution in [3.8, 4) is 17.2 Å². The van der Waals surface area contributed by atoms with E-state index < -0.39 is 17.7 Å². The van der Waals surface area contributed by atoms with Crippen LogP contribution in [-0.2, 0) is 20.9 Å². The van der Waals surface area contributed by atoms with E-state index in [1.54, 1.807) is 54.6 Å². The highest BCUT2D eigenvalue weighted by atomic mass is 35.5. The largest absolute Gasteiger partial charge is 0.482 e. The molecular formula is C25H20Cl2N4O6. The molecule has 0 saturated carbocycles. The van der Waals surface area contributed by atoms with Crippen LogP contribution in [0.4, 0.5) is 5.69 Å². The van der Waals surface area contributed by atoms with Gasteiger partial charge < -0.3 is 24.8 Å². The van der Waals surface area contributed by atoms with Gasteiger partial charge >= 0.3 is 11.8 Å². The molecule has 0 aliphatic carbocycles. The molecule has 0 spiro atoms. The Morgan fingerprint density at radius 3 is 2.57 bits per heavy atom. The van der Waals surface area contributed by atoms with Crippen molar-refractivity contribution in [2.24, 2.45) is 5.10 Å². The zero-order chi connectivity index (χ0) is 26.2. The van der Waals surface area contributed by atoms with Crippen LogP contribution >= 0.6 is 23.2 Å². The number of nitrogens with one attached hydrogen (secondary N) is 3. The fraction of sp³-hybridized carbons (Fsp3) is 0.120. The fourth-order valence-electron chi connectivity index (χ4n) is 3.14. The third kappa shape index (κ3) is 7.12. The van der Waals surface area contributed by atoms with Crippen molar-refractivity contribution in [1.82, 2.24) is 10.7 Å². The lowest BCUT2D eigenvalue weighted by atomic mass is 10.2. The molecule has 3 amide bonds. The van der Waals surface area contributed by atoms with Gasteiger partial charge in [0.2, 0.25) is 6.79 Å². The molecule has 10 nitrogen and oxygen atoms in total. The number of hydrazone groups is 1. The smallest absolute Gasteiger partial charge is 0.329 e. The van der Waals surface area contributed by atoms with Crippen molar-refractivity contribution >= 4 is 52.8 Å². The van der Waals surface area contributed by atoms with Gasteiger partial charge in [0.1, 0.15) is 5.75 Å². The Morgan fingerprint density at radius 1 is 0.946 bits per heavy atom. The molecule has 0 aromatic heterocycles. The van der Waals surface area contributed by atoms with Crippen molar-refractivity contribution < 1.29 is 28.6 Å². The molecule has 1 heterocycles. The maximum Gasteiger partial charge on any atom is 0.329 e. The van der Waals surface area contributed by atoms with Gasteiger partial charge in [-0.05, 0) is 53.6 Å². The number of benzene rings is 3. The lowest BCUT2D eigenvalue weighted by Crippen LogP contribution is -2.37. The van der Waals surface area contributed by atoms with Gasteiger partial charge in [0.15, 0.2) is 18.1 Å². The van der Waals surface area contributed by atoms with Crippen molar-refractivity contribution in [2.45, 2.75) is 6.54 Å². The van der Waals surface area contributed by atoms with E-state index in [2.05, 4.69) is 21.2 Å². The third-order valence-corrected chi connectivity index (χ3v) is 5.56. The van der Waals surface area contributed by atoms with Crippen LogP contribution in [0.2, 0.25) is 10.0 Å². The van der Waals surface area contributed by atoms with Crippen molar-refractivity contribution in [3.63, 3.8) is 0 Å². The number of ether oxygens (including phenoxy) is 3. The summed E-state index contributed by atoms with van der Waals surface area (Å²) in [5, 5.41) is 9.54. The van der Waals surface area contributed by atoms with Gasteiger partial charge in [0, 0.05) is 6.54 Å². The number of halogens is 2. The number of para-hydroxylation sites is 1. The highest BCUT2D eigenvalue weighted by Gasteiger charge is 2.15. The van der Waals surface area contributed by atoms with Gasteiger partial charge in [-0.15, -0.1) is 0 Å². The first-order valence-electron chi connectivity index (χ1n) is 10.9. The normalized spacial score (nSPS) is 11.7. The SMILES string of the molecule is O=C(COc1ccc(/C=N\NC(=O)C(=O)NCc2ccc3c(c2)OCO3)cc1Cl)Nc1ccccc1Cl. The van der Waals surface area contributed by atoms with Gasteiger partial charge in [-0.1, -0.05) is 41.4 Å². The molecule has 3 aromatic rings. The predicted octanol–water partition coefficient (Wildman–Crippen LogP) is 3.51. The molecule has 37 heavy (non-hydrogen) atoms. The van der Waals surface area contributed by atoms with Gasteiger partial charge in [-0.3, -0.25) is 14.4 Å². The van der Waals surface area contributed by atoms with Crippen molar-refractivity contribution in [2.75, 3.05) is 18.7 Å². The molecule has 0 fully saturated rings. The fourth-order valence-corrected chi connectivity index (χ4v) is 3.56. The Labute approximate surface area is 221 Å². The van der Waals surface area contributed by atoms with E-state index >= 15 is 0 Å². The third-order valence-electron chi connectivity index (χ3n) is 4.94. The van der Waals surface area contributed by atoms with Crippen molar-refractivity contribution in [1.29, 1.82) is 0 Å². The van der Waals surface area contributed by atoms with E-state index in [1.165, 1.54) is 12.3 Å². The zero-order valence-electron chi connectivity index (χ0n) is 19.1. The molecule has 0 saturated heterocycles. The number of carbonyl (C=O) groups excluding carboxylic acids is 3. The Hall–Kier alpha value is -4.28. The number of hydrogen-bond donors (Lipinski definition) is 3. The summed E-state index contributed by atoms with van der Waals surface area (Å²) in [5.41, 5.74) is 3.89. The van der Waals surface area contributed by atoms with Crippen LogP contribution in [0.15, 0.2) is 65.8 Å². The van der Waals surface area contributed by atoms with E-state index in [1.807, 2.05) is 0 Å². The van der Waals surface area contributed by atoms with E-state index in [-0.39, 0.29) is 30.7 Å². The molecule has 0 bridgehead atoms. The lowest BCUT2D eigenvalue weighted by molar-refractivity contribution is -0.139. The summed E-state index contributed by atoms with van der Waals surface area (Å²) in [6.07, 6.45) is 1.31. The maximum absolute atomic E-state index is 12.1. The van der Waals surface area contributed by atoms with E-state index in [0.29, 0.717) is 27.8 Å². The highest BCUT2D eigenvalue weighted by molar-refractivity contribution is 6.35. The van der Waals surface area contributed by atoms with Crippen LogP contribution in [-0.4, -0.2) is 37.3 Å². The standard InChI is InChI=1S/C25H20Cl2N4O6/c26-17-3-1-2-4-19(17)30-23(32)13-35-20-7-5-15(9-18(20)27)12-29-31-25(34)24(33)28-11-16-6-8-21-22(10-16)37-14-36-21/h1-10,12H,11,13-14H2,(H,28,33)(H,30,32)(H,31,34)/b29-12-. The number of carbonyl (C=O) groups is 3. The minimum atomic E-state index is -0.937. The molecule has 1 aliphatic heterocycles. The zero-order valence-corrected chi connectivity index (χ0v) is 20.6. The monoisotopic (exact) mass is 542 g/mol. The van der Waals surface area contributed by atoms with Crippen LogP contribution in [0.25, 0.3) is 0 Å². The molecule has 0 radical (unpaired) electrons. The number of fused-ring (bicyclic) bond motifs is 1. The molecule has 3 N–H and O–H groups in total.